The molecule has 0 aromatic rings. The van der Waals surface area contributed by atoms with E-state index in [2.05, 4.69) is 13.2 Å². The van der Waals surface area contributed by atoms with E-state index in [0.717, 1.165) is 5.57 Å². The Hall–Kier alpha value is -1.92. The molecule has 1 heterocycles. The van der Waals surface area contributed by atoms with E-state index in [1.807, 2.05) is 19.9 Å². The maximum absolute atomic E-state index is 12.1. The van der Waals surface area contributed by atoms with Crippen molar-refractivity contribution in [2.75, 3.05) is 6.61 Å². The van der Waals surface area contributed by atoms with Crippen LogP contribution in [0.25, 0.3) is 0 Å². The number of hydrogen-bond donors (Lipinski definition) is 2. The molecule has 0 aromatic carbocycles. The summed E-state index contributed by atoms with van der Waals surface area (Å²) in [5, 5.41) is 19.7. The molecule has 1 aliphatic heterocycles. The third kappa shape index (κ3) is 2.64. The highest BCUT2D eigenvalue weighted by Crippen LogP contribution is 2.56. The topological polar surface area (TPSA) is 93.1 Å². The summed E-state index contributed by atoms with van der Waals surface area (Å²) in [5.74, 6) is -1.82. The normalized spacial score (nSPS) is 39.8. The molecular weight excluding hydrogens is 324 g/mol. The van der Waals surface area contributed by atoms with Crippen molar-refractivity contribution in [3.05, 3.63) is 36.0 Å². The Morgan fingerprint density at radius 2 is 2.20 bits per heavy atom. The Bertz CT molecular complexity index is 677. The highest BCUT2D eigenvalue weighted by Gasteiger charge is 2.61. The third-order valence-electron chi connectivity index (χ3n) is 6.00. The van der Waals surface area contributed by atoms with Crippen molar-refractivity contribution >= 4 is 11.9 Å². The van der Waals surface area contributed by atoms with E-state index in [9.17, 15) is 14.7 Å². The smallest absolute Gasteiger partial charge is 0.336 e. The van der Waals surface area contributed by atoms with Crippen molar-refractivity contribution in [2.45, 2.75) is 45.0 Å². The minimum absolute atomic E-state index is 0.0556. The molecule has 0 radical (unpaired) electrons. The Labute approximate surface area is 146 Å². The summed E-state index contributed by atoms with van der Waals surface area (Å²) in [6.07, 6.45) is 1.05. The monoisotopic (exact) mass is 348 g/mol. The van der Waals surface area contributed by atoms with Crippen LogP contribution in [0.15, 0.2) is 36.0 Å². The van der Waals surface area contributed by atoms with Crippen LogP contribution in [0.1, 0.15) is 26.7 Å². The first-order chi connectivity index (χ1) is 11.7. The Balaban J connectivity index is 1.99. The van der Waals surface area contributed by atoms with Crippen LogP contribution in [0.3, 0.4) is 0 Å². The maximum Gasteiger partial charge on any atom is 0.336 e. The number of carbonyl (C=O) groups excluding carboxylic acids is 2. The van der Waals surface area contributed by atoms with Gasteiger partial charge in [-0.1, -0.05) is 31.7 Å². The molecule has 6 atom stereocenters. The molecule has 25 heavy (non-hydrogen) atoms. The number of rotatable bonds is 3. The van der Waals surface area contributed by atoms with E-state index in [1.54, 1.807) is 0 Å². The van der Waals surface area contributed by atoms with Gasteiger partial charge in [0.25, 0.3) is 0 Å². The number of carbonyl (C=O) groups is 2. The van der Waals surface area contributed by atoms with E-state index in [0.29, 0.717) is 12.8 Å². The molecule has 0 aromatic heterocycles. The van der Waals surface area contributed by atoms with E-state index in [4.69, 9.17) is 14.6 Å². The Kier molecular flexibility index (Phi) is 4.37. The van der Waals surface area contributed by atoms with Crippen LogP contribution in [0, 0.1) is 17.3 Å². The van der Waals surface area contributed by atoms with Crippen molar-refractivity contribution in [1.29, 1.82) is 0 Å². The van der Waals surface area contributed by atoms with Crippen LogP contribution < -0.4 is 0 Å². The van der Waals surface area contributed by atoms with E-state index in [-0.39, 0.29) is 17.1 Å². The van der Waals surface area contributed by atoms with E-state index in [1.165, 1.54) is 0 Å². The van der Waals surface area contributed by atoms with Crippen molar-refractivity contribution in [1.82, 2.24) is 0 Å². The van der Waals surface area contributed by atoms with Gasteiger partial charge >= 0.3 is 11.9 Å². The number of fused-ring (bicyclic) bond motifs is 3. The highest BCUT2D eigenvalue weighted by molar-refractivity contribution is 5.92. The number of esters is 2. The molecule has 0 amide bonds. The fraction of sp³-hybridized carbons (Fsp3) is 0.579. The average molecular weight is 348 g/mol. The van der Waals surface area contributed by atoms with Crippen molar-refractivity contribution in [2.24, 2.45) is 17.3 Å². The van der Waals surface area contributed by atoms with Gasteiger partial charge in [0, 0.05) is 16.9 Å². The van der Waals surface area contributed by atoms with Gasteiger partial charge in [0.05, 0.1) is 24.2 Å². The van der Waals surface area contributed by atoms with Crippen LogP contribution in [-0.4, -0.2) is 47.1 Å². The van der Waals surface area contributed by atoms with E-state index < -0.39 is 48.2 Å². The lowest BCUT2D eigenvalue weighted by molar-refractivity contribution is -0.173. The standard InChI is InChI=1S/C19H24O6/c1-9-5-6-13(21)19(4)7-12(24-17(22)10(2)8-20)14-11(3)18(23)25-16(14)15(9)19/h5,12-16,20-21H,2-3,6-8H2,1,4H3. The van der Waals surface area contributed by atoms with Gasteiger partial charge in [-0.05, 0) is 19.8 Å². The molecule has 2 fully saturated rings. The SMILES string of the molecule is C=C(CO)C(=O)OC1CC2(C)C(O)CC=C(C)C2C2OC(=O)C(=C)C12. The van der Waals surface area contributed by atoms with Crippen molar-refractivity contribution in [3.63, 3.8) is 0 Å². The highest BCUT2D eigenvalue weighted by atomic mass is 16.6. The molecule has 1 saturated heterocycles. The zero-order chi connectivity index (χ0) is 18.5. The van der Waals surface area contributed by atoms with Gasteiger partial charge in [0.2, 0.25) is 0 Å². The summed E-state index contributed by atoms with van der Waals surface area (Å²) < 4.78 is 11.1. The number of ether oxygens (including phenoxy) is 2. The van der Waals surface area contributed by atoms with Gasteiger partial charge in [0.1, 0.15) is 12.2 Å². The predicted molar refractivity (Wildman–Crippen MR) is 89.2 cm³/mol. The summed E-state index contributed by atoms with van der Waals surface area (Å²) >= 11 is 0. The van der Waals surface area contributed by atoms with Crippen LogP contribution in [0.4, 0.5) is 0 Å². The summed E-state index contributed by atoms with van der Waals surface area (Å²) in [5.41, 5.74) is 0.707. The second kappa shape index (κ2) is 6.11. The largest absolute Gasteiger partial charge is 0.458 e. The molecule has 3 rings (SSSR count). The molecule has 6 unspecified atom stereocenters. The summed E-state index contributed by atoms with van der Waals surface area (Å²) in [7, 11) is 0. The second-order valence-electron chi connectivity index (χ2n) is 7.51. The lowest BCUT2D eigenvalue weighted by atomic mass is 9.54. The number of hydrogen-bond acceptors (Lipinski definition) is 6. The van der Waals surface area contributed by atoms with Crippen molar-refractivity contribution in [3.8, 4) is 0 Å². The molecule has 136 valence electrons. The molecule has 1 saturated carbocycles. The molecule has 2 N–H and O–H groups in total. The quantitative estimate of drug-likeness (QED) is 0.453. The first-order valence-electron chi connectivity index (χ1n) is 8.44. The molecule has 6 nitrogen and oxygen atoms in total. The second-order valence-corrected chi connectivity index (χ2v) is 7.51. The molecule has 6 heteroatoms. The molecule has 0 bridgehead atoms. The minimum Gasteiger partial charge on any atom is -0.458 e. The Morgan fingerprint density at radius 3 is 2.84 bits per heavy atom. The molecule has 0 spiro atoms. The lowest BCUT2D eigenvalue weighted by Gasteiger charge is -2.53. The van der Waals surface area contributed by atoms with Gasteiger partial charge in [0.15, 0.2) is 0 Å². The molecular formula is C19H24O6. The van der Waals surface area contributed by atoms with Gasteiger partial charge in [-0.2, -0.15) is 0 Å². The molecule has 3 aliphatic rings. The first kappa shape index (κ1) is 17.9. The van der Waals surface area contributed by atoms with Crippen LogP contribution in [-0.2, 0) is 19.1 Å². The minimum atomic E-state index is -0.710. The first-order valence-corrected chi connectivity index (χ1v) is 8.44. The van der Waals surface area contributed by atoms with Gasteiger partial charge in [-0.15, -0.1) is 0 Å². The Morgan fingerprint density at radius 1 is 1.52 bits per heavy atom. The van der Waals surface area contributed by atoms with Crippen LogP contribution in [0.5, 0.6) is 0 Å². The summed E-state index contributed by atoms with van der Waals surface area (Å²) in [6.45, 7) is 10.7. The maximum atomic E-state index is 12.1. The zero-order valence-corrected chi connectivity index (χ0v) is 14.5. The fourth-order valence-corrected chi connectivity index (χ4v) is 4.60. The number of aliphatic hydroxyl groups excluding tert-OH is 2. The molecule has 2 aliphatic carbocycles. The van der Waals surface area contributed by atoms with Crippen LogP contribution >= 0.6 is 0 Å². The van der Waals surface area contributed by atoms with Crippen LogP contribution in [0.2, 0.25) is 0 Å². The summed E-state index contributed by atoms with van der Waals surface area (Å²) in [6, 6.07) is 0. The predicted octanol–water partition coefficient (Wildman–Crippen LogP) is 1.28. The summed E-state index contributed by atoms with van der Waals surface area (Å²) in [4.78, 5) is 24.2. The van der Waals surface area contributed by atoms with E-state index >= 15 is 0 Å². The lowest BCUT2D eigenvalue weighted by Crippen LogP contribution is -2.57. The van der Waals surface area contributed by atoms with Gasteiger partial charge in [-0.25, -0.2) is 9.59 Å². The zero-order valence-electron chi connectivity index (χ0n) is 14.5. The van der Waals surface area contributed by atoms with Gasteiger partial charge in [-0.3, -0.25) is 0 Å². The van der Waals surface area contributed by atoms with Crippen molar-refractivity contribution < 1.29 is 29.3 Å². The average Bonchev–Trinajstić information content (AvgIpc) is 2.85. The number of aliphatic hydroxyl groups is 2. The third-order valence-corrected chi connectivity index (χ3v) is 6.00. The fourth-order valence-electron chi connectivity index (χ4n) is 4.60. The van der Waals surface area contributed by atoms with Gasteiger partial charge < -0.3 is 19.7 Å².